The Balaban J connectivity index is 1.87. The van der Waals surface area contributed by atoms with Crippen molar-refractivity contribution in [2.45, 2.75) is 26.2 Å². The number of halogens is 2. The summed E-state index contributed by atoms with van der Waals surface area (Å²) in [6, 6.07) is 15.4. The van der Waals surface area contributed by atoms with E-state index in [-0.39, 0.29) is 11.3 Å². The first kappa shape index (κ1) is 22.3. The number of carbonyl (C=O) groups excluding carboxylic acids is 1. The standard InChI is InChI=1S/C22H21Cl2N3O2S/c1-22(2,3)15-7-4-5-9-19(15)29-20-18(8-6-12-25-20)27(30)21(28)26-17-11-10-14(23)13-16(17)24/h4-13,30H,1-3H3,(H,26,28). The predicted octanol–water partition coefficient (Wildman–Crippen LogP) is 7.36. The van der Waals surface area contributed by atoms with Gasteiger partial charge in [0.15, 0.2) is 0 Å². The highest BCUT2D eigenvalue weighted by Gasteiger charge is 2.22. The average Bonchev–Trinajstić information content (AvgIpc) is 2.69. The number of rotatable bonds is 4. The second-order valence-corrected chi connectivity index (χ2v) is 8.79. The number of hydrogen-bond acceptors (Lipinski definition) is 4. The number of benzene rings is 2. The smallest absolute Gasteiger partial charge is 0.336 e. The molecular formula is C22H21Cl2N3O2S. The molecule has 0 aliphatic heterocycles. The third-order valence-corrected chi connectivity index (χ3v) is 5.19. The van der Waals surface area contributed by atoms with Crippen molar-refractivity contribution in [1.29, 1.82) is 0 Å². The van der Waals surface area contributed by atoms with Crippen LogP contribution in [0.25, 0.3) is 0 Å². The molecule has 0 bridgehead atoms. The minimum Gasteiger partial charge on any atom is -0.437 e. The van der Waals surface area contributed by atoms with Crippen LogP contribution in [0.5, 0.6) is 11.6 Å². The van der Waals surface area contributed by atoms with Crippen LogP contribution < -0.4 is 14.4 Å². The van der Waals surface area contributed by atoms with Crippen LogP contribution in [0.3, 0.4) is 0 Å². The van der Waals surface area contributed by atoms with E-state index in [1.165, 1.54) is 0 Å². The van der Waals surface area contributed by atoms with Crippen molar-refractivity contribution in [3.8, 4) is 11.6 Å². The van der Waals surface area contributed by atoms with Crippen molar-refractivity contribution in [3.63, 3.8) is 0 Å². The molecule has 0 saturated carbocycles. The Morgan fingerprint density at radius 1 is 1.10 bits per heavy atom. The maximum atomic E-state index is 12.7. The Labute approximate surface area is 191 Å². The van der Waals surface area contributed by atoms with Crippen molar-refractivity contribution in [3.05, 3.63) is 76.4 Å². The number of nitrogens with zero attached hydrogens (tertiary/aromatic N) is 2. The largest absolute Gasteiger partial charge is 0.437 e. The van der Waals surface area contributed by atoms with E-state index in [2.05, 4.69) is 43.9 Å². The fraction of sp³-hybridized carbons (Fsp3) is 0.182. The van der Waals surface area contributed by atoms with Crippen LogP contribution in [0, 0.1) is 0 Å². The summed E-state index contributed by atoms with van der Waals surface area (Å²) in [6.07, 6.45) is 1.59. The van der Waals surface area contributed by atoms with Gasteiger partial charge >= 0.3 is 6.03 Å². The summed E-state index contributed by atoms with van der Waals surface area (Å²) in [4.78, 5) is 17.0. The number of ether oxygens (including phenoxy) is 1. The number of para-hydroxylation sites is 1. The summed E-state index contributed by atoms with van der Waals surface area (Å²) in [5.74, 6) is 0.911. The van der Waals surface area contributed by atoms with E-state index in [4.69, 9.17) is 27.9 Å². The van der Waals surface area contributed by atoms with Crippen molar-refractivity contribution < 1.29 is 9.53 Å². The molecule has 156 valence electrons. The monoisotopic (exact) mass is 461 g/mol. The molecule has 1 heterocycles. The van der Waals surface area contributed by atoms with Gasteiger partial charge in [-0.1, -0.05) is 75.0 Å². The van der Waals surface area contributed by atoms with Crippen molar-refractivity contribution in [2.75, 3.05) is 9.62 Å². The van der Waals surface area contributed by atoms with Crippen molar-refractivity contribution in [2.24, 2.45) is 0 Å². The van der Waals surface area contributed by atoms with Gasteiger partial charge in [-0.25, -0.2) is 14.1 Å². The lowest BCUT2D eigenvalue weighted by Gasteiger charge is -2.24. The molecule has 30 heavy (non-hydrogen) atoms. The third-order valence-electron chi connectivity index (χ3n) is 4.25. The van der Waals surface area contributed by atoms with E-state index in [0.717, 1.165) is 9.87 Å². The summed E-state index contributed by atoms with van der Waals surface area (Å²) in [6.45, 7) is 6.30. The normalized spacial score (nSPS) is 11.1. The molecule has 0 unspecified atom stereocenters. The Morgan fingerprint density at radius 3 is 2.53 bits per heavy atom. The van der Waals surface area contributed by atoms with Gasteiger partial charge in [-0.2, -0.15) is 0 Å². The summed E-state index contributed by atoms with van der Waals surface area (Å²) >= 11 is 16.4. The highest BCUT2D eigenvalue weighted by atomic mass is 35.5. The lowest BCUT2D eigenvalue weighted by Crippen LogP contribution is -2.27. The average molecular weight is 462 g/mol. The number of thiol groups is 1. The molecule has 0 atom stereocenters. The van der Waals surface area contributed by atoms with E-state index >= 15 is 0 Å². The molecule has 0 aliphatic carbocycles. The zero-order valence-corrected chi connectivity index (χ0v) is 19.1. The topological polar surface area (TPSA) is 54.5 Å². The molecule has 0 spiro atoms. The molecule has 0 aliphatic rings. The Bertz CT molecular complexity index is 1070. The SMILES string of the molecule is CC(C)(C)c1ccccc1Oc1ncccc1N(S)C(=O)Nc1ccc(Cl)cc1Cl. The highest BCUT2D eigenvalue weighted by molar-refractivity contribution is 7.82. The van der Waals surface area contributed by atoms with Gasteiger partial charge in [0.1, 0.15) is 11.4 Å². The van der Waals surface area contributed by atoms with Crippen LogP contribution in [0.4, 0.5) is 16.2 Å². The third kappa shape index (κ3) is 5.19. The molecular weight excluding hydrogens is 441 g/mol. The van der Waals surface area contributed by atoms with Gasteiger partial charge in [0.05, 0.1) is 10.7 Å². The lowest BCUT2D eigenvalue weighted by molar-refractivity contribution is 0.260. The van der Waals surface area contributed by atoms with Gasteiger partial charge in [0.25, 0.3) is 0 Å². The van der Waals surface area contributed by atoms with Crippen molar-refractivity contribution >= 4 is 53.4 Å². The molecule has 3 aromatic rings. The van der Waals surface area contributed by atoms with Crippen molar-refractivity contribution in [1.82, 2.24) is 4.98 Å². The molecule has 0 saturated heterocycles. The van der Waals surface area contributed by atoms with Gasteiger partial charge < -0.3 is 10.1 Å². The fourth-order valence-electron chi connectivity index (χ4n) is 2.77. The number of aromatic nitrogens is 1. The second-order valence-electron chi connectivity index (χ2n) is 7.54. The number of hydrogen-bond donors (Lipinski definition) is 2. The molecule has 0 radical (unpaired) electrons. The summed E-state index contributed by atoms with van der Waals surface area (Å²) in [7, 11) is 0. The molecule has 1 aromatic heterocycles. The molecule has 2 amide bonds. The summed E-state index contributed by atoms with van der Waals surface area (Å²) in [5.41, 5.74) is 1.68. The van der Waals surface area contributed by atoms with Gasteiger partial charge in [-0.05, 0) is 41.8 Å². The Morgan fingerprint density at radius 2 is 1.83 bits per heavy atom. The van der Waals surface area contributed by atoms with Crippen LogP contribution in [0.2, 0.25) is 10.0 Å². The second kappa shape index (κ2) is 9.16. The summed E-state index contributed by atoms with van der Waals surface area (Å²) in [5, 5.41) is 3.49. The molecule has 0 fully saturated rings. The number of amides is 2. The molecule has 2 aromatic carbocycles. The molecule has 1 N–H and O–H groups in total. The minimum atomic E-state index is -0.524. The zero-order valence-electron chi connectivity index (χ0n) is 16.7. The molecule has 8 heteroatoms. The minimum absolute atomic E-state index is 0.130. The highest BCUT2D eigenvalue weighted by Crippen LogP contribution is 2.37. The van der Waals surface area contributed by atoms with Crippen LogP contribution in [0.1, 0.15) is 26.3 Å². The van der Waals surface area contributed by atoms with Gasteiger partial charge in [-0.15, -0.1) is 0 Å². The van der Waals surface area contributed by atoms with E-state index in [1.807, 2.05) is 24.3 Å². The zero-order chi connectivity index (χ0) is 21.9. The molecule has 3 rings (SSSR count). The fourth-order valence-corrected chi connectivity index (χ4v) is 3.43. The lowest BCUT2D eigenvalue weighted by atomic mass is 9.86. The quantitative estimate of drug-likeness (QED) is 0.398. The predicted molar refractivity (Wildman–Crippen MR) is 126 cm³/mol. The molecule has 5 nitrogen and oxygen atoms in total. The number of urea groups is 1. The number of pyridine rings is 1. The first-order valence-corrected chi connectivity index (χ1v) is 10.3. The maximum Gasteiger partial charge on any atom is 0.336 e. The van der Waals surface area contributed by atoms with Crippen LogP contribution in [0.15, 0.2) is 60.8 Å². The van der Waals surface area contributed by atoms with Gasteiger partial charge in [0, 0.05) is 16.8 Å². The number of carbonyl (C=O) groups is 1. The Kier molecular flexibility index (Phi) is 6.81. The van der Waals surface area contributed by atoms with E-state index in [1.54, 1.807) is 36.5 Å². The van der Waals surface area contributed by atoms with E-state index < -0.39 is 6.03 Å². The van der Waals surface area contributed by atoms with Gasteiger partial charge in [-0.3, -0.25) is 0 Å². The maximum absolute atomic E-state index is 12.7. The van der Waals surface area contributed by atoms with Crippen LogP contribution in [-0.2, 0) is 5.41 Å². The van der Waals surface area contributed by atoms with E-state index in [0.29, 0.717) is 27.2 Å². The Hall–Kier alpha value is -2.41. The summed E-state index contributed by atoms with van der Waals surface area (Å²) < 4.78 is 7.22. The van der Waals surface area contributed by atoms with Crippen LogP contribution in [-0.4, -0.2) is 11.0 Å². The first-order chi connectivity index (χ1) is 14.2. The number of anilines is 2. The van der Waals surface area contributed by atoms with E-state index in [9.17, 15) is 4.79 Å². The van der Waals surface area contributed by atoms with Crippen LogP contribution >= 0.6 is 36.0 Å². The van der Waals surface area contributed by atoms with Gasteiger partial charge in [0.2, 0.25) is 5.88 Å². The number of nitrogens with one attached hydrogen (secondary N) is 1. The first-order valence-electron chi connectivity index (χ1n) is 9.14.